The van der Waals surface area contributed by atoms with E-state index in [2.05, 4.69) is 15.9 Å². The number of carbonyl (C=O) groups excluding carboxylic acids is 1. The zero-order valence-electron chi connectivity index (χ0n) is 24.0. The number of ether oxygens (including phenoxy) is 2. The number of aryl methyl sites for hydroxylation is 1. The maximum Gasteiger partial charge on any atom is 0.338 e. The highest BCUT2D eigenvalue weighted by atomic mass is 79.9. The van der Waals surface area contributed by atoms with Crippen LogP contribution in [0.15, 0.2) is 78.5 Å². The van der Waals surface area contributed by atoms with Crippen LogP contribution < -0.4 is 19.6 Å². The zero-order valence-corrected chi connectivity index (χ0v) is 26.4. The minimum Gasteiger partial charge on any atom is -0.496 e. The Morgan fingerprint density at radius 2 is 1.95 bits per heavy atom. The van der Waals surface area contributed by atoms with Crippen LogP contribution in [0.4, 0.5) is 0 Å². The van der Waals surface area contributed by atoms with Crippen molar-refractivity contribution in [3.05, 3.63) is 106 Å². The molecule has 222 valence electrons. The monoisotopic (exact) mass is 664 g/mol. The van der Waals surface area contributed by atoms with Crippen molar-refractivity contribution < 1.29 is 28.6 Å². The van der Waals surface area contributed by atoms with Gasteiger partial charge in [-0.05, 0) is 68.3 Å². The summed E-state index contributed by atoms with van der Waals surface area (Å²) >= 11 is 4.73. The largest absolute Gasteiger partial charge is 0.496 e. The molecule has 2 aromatic carbocycles. The average molecular weight is 666 g/mol. The van der Waals surface area contributed by atoms with E-state index in [-0.39, 0.29) is 17.7 Å². The molecule has 3 heterocycles. The highest BCUT2D eigenvalue weighted by Crippen LogP contribution is 2.38. The third kappa shape index (κ3) is 5.87. The second-order valence-electron chi connectivity index (χ2n) is 9.84. The molecule has 0 fully saturated rings. The molecule has 2 aromatic heterocycles. The van der Waals surface area contributed by atoms with Gasteiger partial charge in [-0.15, -0.1) is 0 Å². The lowest BCUT2D eigenvalue weighted by atomic mass is 9.93. The van der Waals surface area contributed by atoms with Crippen LogP contribution in [0.3, 0.4) is 0 Å². The van der Waals surface area contributed by atoms with Gasteiger partial charge in [0.25, 0.3) is 5.56 Å². The van der Waals surface area contributed by atoms with Crippen LogP contribution in [0.1, 0.15) is 60.0 Å². The van der Waals surface area contributed by atoms with Gasteiger partial charge in [0.1, 0.15) is 23.3 Å². The third-order valence-corrected chi connectivity index (χ3v) is 8.49. The van der Waals surface area contributed by atoms with E-state index in [0.29, 0.717) is 49.9 Å². The van der Waals surface area contributed by atoms with Crippen LogP contribution in [0.25, 0.3) is 17.4 Å². The number of furan rings is 1. The summed E-state index contributed by atoms with van der Waals surface area (Å²) in [5, 5.41) is 9.28. The lowest BCUT2D eigenvalue weighted by molar-refractivity contribution is -0.139. The fourth-order valence-electron chi connectivity index (χ4n) is 5.11. The molecule has 9 nitrogen and oxygen atoms in total. The number of hydrogen-bond acceptors (Lipinski definition) is 8. The van der Waals surface area contributed by atoms with Gasteiger partial charge in [-0.2, -0.15) is 0 Å². The number of aromatic carboxylic acids is 1. The van der Waals surface area contributed by atoms with E-state index in [1.807, 2.05) is 26.0 Å². The number of benzene rings is 2. The molecule has 5 rings (SSSR count). The van der Waals surface area contributed by atoms with Gasteiger partial charge in [-0.3, -0.25) is 9.36 Å². The van der Waals surface area contributed by atoms with Crippen LogP contribution in [-0.2, 0) is 9.53 Å². The van der Waals surface area contributed by atoms with E-state index in [4.69, 9.17) is 18.9 Å². The summed E-state index contributed by atoms with van der Waals surface area (Å²) in [7, 11) is 1.54. The van der Waals surface area contributed by atoms with Crippen LogP contribution in [0, 0.1) is 6.92 Å². The Balaban J connectivity index is 1.68. The van der Waals surface area contributed by atoms with Crippen molar-refractivity contribution >= 4 is 45.3 Å². The summed E-state index contributed by atoms with van der Waals surface area (Å²) in [6.07, 6.45) is 2.91. The van der Waals surface area contributed by atoms with E-state index < -0.39 is 18.0 Å². The highest BCUT2D eigenvalue weighted by Gasteiger charge is 2.36. The van der Waals surface area contributed by atoms with Gasteiger partial charge < -0.3 is 19.0 Å². The van der Waals surface area contributed by atoms with Gasteiger partial charge in [-0.25, -0.2) is 14.6 Å². The molecule has 0 saturated carbocycles. The Morgan fingerprint density at radius 3 is 2.63 bits per heavy atom. The highest BCUT2D eigenvalue weighted by molar-refractivity contribution is 9.10. The summed E-state index contributed by atoms with van der Waals surface area (Å²) in [5.74, 6) is -0.0348. The predicted molar refractivity (Wildman–Crippen MR) is 166 cm³/mol. The number of allylic oxidation sites excluding steroid dienone is 1. The summed E-state index contributed by atoms with van der Waals surface area (Å²) in [5.41, 5.74) is 2.84. The van der Waals surface area contributed by atoms with Crippen LogP contribution >= 0.6 is 27.3 Å². The van der Waals surface area contributed by atoms with Crippen molar-refractivity contribution in [2.24, 2.45) is 4.99 Å². The Bertz CT molecular complexity index is 1950. The number of halogens is 1. The van der Waals surface area contributed by atoms with Crippen LogP contribution in [0.2, 0.25) is 0 Å². The third-order valence-electron chi connectivity index (χ3n) is 7.02. The average Bonchev–Trinajstić information content (AvgIpc) is 3.56. The van der Waals surface area contributed by atoms with Crippen molar-refractivity contribution in [3.63, 3.8) is 0 Å². The Kier molecular flexibility index (Phi) is 8.84. The smallest absolute Gasteiger partial charge is 0.338 e. The number of methoxy groups -OCH3 is 1. The number of carbonyl (C=O) groups is 2. The van der Waals surface area contributed by atoms with Crippen LogP contribution in [-0.4, -0.2) is 35.3 Å². The summed E-state index contributed by atoms with van der Waals surface area (Å²) in [6.45, 7) is 5.73. The molecule has 0 amide bonds. The number of thiazole rings is 1. The number of esters is 1. The van der Waals surface area contributed by atoms with Crippen LogP contribution in [0.5, 0.6) is 5.75 Å². The number of fused-ring (bicyclic) bond motifs is 1. The van der Waals surface area contributed by atoms with Crippen molar-refractivity contribution in [2.75, 3.05) is 13.7 Å². The van der Waals surface area contributed by atoms with E-state index in [9.17, 15) is 19.5 Å². The first-order chi connectivity index (χ1) is 20.7. The lowest BCUT2D eigenvalue weighted by Crippen LogP contribution is -2.40. The van der Waals surface area contributed by atoms with Crippen molar-refractivity contribution in [1.29, 1.82) is 0 Å². The standard InChI is InChI=1S/C32H29BrN2O7S/c1-5-7-23-27(31(39)41-6-2)28(22-15-19(33)9-12-24(22)40-4)35-29(36)26(43-32(35)34-23)16-20-10-13-25(42-20)21-11-8-18(30(37)38)14-17(21)3/h8-16,28H,5-7H2,1-4H3,(H,37,38)/b26-16+/t28-/m1/s1. The molecule has 0 unspecified atom stereocenters. The quantitative estimate of drug-likeness (QED) is 0.231. The lowest BCUT2D eigenvalue weighted by Gasteiger charge is -2.27. The molecule has 0 saturated heterocycles. The first-order valence-electron chi connectivity index (χ1n) is 13.7. The van der Waals surface area contributed by atoms with Crippen molar-refractivity contribution in [2.45, 2.75) is 39.7 Å². The fraction of sp³-hybridized carbons (Fsp3) is 0.250. The number of carboxylic acid groups (broad SMARTS) is 1. The SMILES string of the molecule is CCCC1=C(C(=O)OCC)[C@@H](c2cc(Br)ccc2OC)n2c(s/c(=C/c3ccc(-c4ccc(C(=O)O)cc4C)o3)c2=O)=N1. The maximum atomic E-state index is 14.1. The molecule has 1 N–H and O–H groups in total. The number of hydrogen-bond donors (Lipinski definition) is 1. The Hall–Kier alpha value is -4.22. The first-order valence-corrected chi connectivity index (χ1v) is 15.3. The topological polar surface area (TPSA) is 120 Å². The molecule has 0 radical (unpaired) electrons. The number of carboxylic acids is 1. The molecule has 11 heteroatoms. The summed E-state index contributed by atoms with van der Waals surface area (Å²) in [4.78, 5) is 44.1. The molecule has 1 aliphatic heterocycles. The molecular weight excluding hydrogens is 636 g/mol. The molecule has 43 heavy (non-hydrogen) atoms. The van der Waals surface area contributed by atoms with Crippen molar-refractivity contribution in [3.8, 4) is 17.1 Å². The van der Waals surface area contributed by atoms with Gasteiger partial charge in [0.15, 0.2) is 4.80 Å². The van der Waals surface area contributed by atoms with Gasteiger partial charge in [0.2, 0.25) is 0 Å². The van der Waals surface area contributed by atoms with E-state index in [1.165, 1.54) is 22.0 Å². The first kappa shape index (κ1) is 30.2. The normalized spacial score (nSPS) is 14.8. The minimum absolute atomic E-state index is 0.174. The summed E-state index contributed by atoms with van der Waals surface area (Å²) in [6, 6.07) is 13.0. The number of rotatable bonds is 9. The molecule has 1 atom stereocenters. The number of aromatic nitrogens is 1. The molecular formula is C32H29BrN2O7S. The van der Waals surface area contributed by atoms with Gasteiger partial charge in [0.05, 0.1) is 35.1 Å². The Labute approximate surface area is 259 Å². The minimum atomic E-state index is -1.00. The molecule has 0 spiro atoms. The van der Waals surface area contributed by atoms with E-state index in [0.717, 1.165) is 22.0 Å². The van der Waals surface area contributed by atoms with Gasteiger partial charge >= 0.3 is 11.9 Å². The maximum absolute atomic E-state index is 14.1. The van der Waals surface area contributed by atoms with Crippen molar-refractivity contribution in [1.82, 2.24) is 4.57 Å². The molecule has 0 aliphatic carbocycles. The summed E-state index contributed by atoms with van der Waals surface area (Å²) < 4.78 is 19.9. The molecule has 1 aliphatic rings. The molecule has 0 bridgehead atoms. The second kappa shape index (κ2) is 12.6. The second-order valence-corrected chi connectivity index (χ2v) is 11.8. The molecule has 4 aromatic rings. The van der Waals surface area contributed by atoms with Gasteiger partial charge in [-0.1, -0.05) is 46.7 Å². The Morgan fingerprint density at radius 1 is 1.16 bits per heavy atom. The van der Waals surface area contributed by atoms with E-state index in [1.54, 1.807) is 50.4 Å². The fourth-order valence-corrected chi connectivity index (χ4v) is 6.49. The zero-order chi connectivity index (χ0) is 30.8. The van der Waals surface area contributed by atoms with Gasteiger partial charge in [0, 0.05) is 21.7 Å². The number of nitrogens with zero attached hydrogens (tertiary/aromatic N) is 2. The predicted octanol–water partition coefficient (Wildman–Crippen LogP) is 5.62. The van der Waals surface area contributed by atoms with E-state index >= 15 is 0 Å².